The van der Waals surface area contributed by atoms with Crippen molar-refractivity contribution in [3.63, 3.8) is 0 Å². The molecule has 82 valence electrons. The van der Waals surface area contributed by atoms with Crippen LogP contribution in [0.2, 0.25) is 0 Å². The predicted octanol–water partition coefficient (Wildman–Crippen LogP) is 1.02. The first-order chi connectivity index (χ1) is 7.27. The van der Waals surface area contributed by atoms with Gasteiger partial charge in [0.2, 0.25) is 5.91 Å². The Morgan fingerprint density at radius 1 is 1.40 bits per heavy atom. The van der Waals surface area contributed by atoms with Gasteiger partial charge in [0.15, 0.2) is 0 Å². The van der Waals surface area contributed by atoms with Gasteiger partial charge in [-0.2, -0.15) is 0 Å². The molecule has 1 aromatic heterocycles. The molecule has 2 heterocycles. The normalized spacial score (nSPS) is 17.9. The van der Waals surface area contributed by atoms with Crippen LogP contribution in [-0.4, -0.2) is 26.9 Å². The van der Waals surface area contributed by atoms with E-state index in [2.05, 4.69) is 9.59 Å². The summed E-state index contributed by atoms with van der Waals surface area (Å²) in [5, 5.41) is 4.54. The lowest BCUT2D eigenvalue weighted by molar-refractivity contribution is -0.131. The smallest absolute Gasteiger partial charge is 0.222 e. The highest BCUT2D eigenvalue weighted by Crippen LogP contribution is 2.18. The molecule has 2 N–H and O–H groups in total. The van der Waals surface area contributed by atoms with E-state index in [0.717, 1.165) is 31.5 Å². The maximum absolute atomic E-state index is 11.7. The fourth-order valence-electron chi connectivity index (χ4n) is 1.71. The summed E-state index contributed by atoms with van der Waals surface area (Å²) in [4.78, 5) is 13.5. The lowest BCUT2D eigenvalue weighted by Crippen LogP contribution is -2.30. The van der Waals surface area contributed by atoms with E-state index >= 15 is 0 Å². The van der Waals surface area contributed by atoms with E-state index < -0.39 is 0 Å². The summed E-state index contributed by atoms with van der Waals surface area (Å²) in [6.07, 6.45) is 3.86. The molecular formula is C9H14N4OS. The van der Waals surface area contributed by atoms with Crippen LogP contribution >= 0.6 is 11.5 Å². The number of hydrogen-bond donors (Lipinski definition) is 1. The Hall–Kier alpha value is -1.17. The van der Waals surface area contributed by atoms with E-state index in [1.54, 1.807) is 0 Å². The molecule has 1 aliphatic heterocycles. The van der Waals surface area contributed by atoms with Crippen molar-refractivity contribution < 1.29 is 4.79 Å². The number of rotatable bonds is 2. The number of likely N-dealkylation sites (tertiary alicyclic amines) is 1. The van der Waals surface area contributed by atoms with Gasteiger partial charge in [-0.15, -0.1) is 5.10 Å². The Kier molecular flexibility index (Phi) is 3.15. The van der Waals surface area contributed by atoms with E-state index in [1.165, 1.54) is 11.5 Å². The Labute approximate surface area is 92.4 Å². The SMILES string of the molecule is Nc1snnc1CN1CCCCCC1=O. The molecule has 0 unspecified atom stereocenters. The molecule has 0 bridgehead atoms. The minimum Gasteiger partial charge on any atom is -0.388 e. The predicted molar refractivity (Wildman–Crippen MR) is 58.2 cm³/mol. The number of amides is 1. The second-order valence-electron chi connectivity index (χ2n) is 3.71. The van der Waals surface area contributed by atoms with Gasteiger partial charge >= 0.3 is 0 Å². The van der Waals surface area contributed by atoms with Crippen LogP contribution in [0.5, 0.6) is 0 Å². The van der Waals surface area contributed by atoms with E-state index in [-0.39, 0.29) is 5.91 Å². The summed E-state index contributed by atoms with van der Waals surface area (Å²) >= 11 is 1.18. The van der Waals surface area contributed by atoms with Gasteiger partial charge in [0.1, 0.15) is 10.7 Å². The summed E-state index contributed by atoms with van der Waals surface area (Å²) in [6, 6.07) is 0. The monoisotopic (exact) mass is 226 g/mol. The molecule has 6 heteroatoms. The summed E-state index contributed by atoms with van der Waals surface area (Å²) < 4.78 is 3.76. The van der Waals surface area contributed by atoms with Gasteiger partial charge in [-0.05, 0) is 12.8 Å². The lowest BCUT2D eigenvalue weighted by Gasteiger charge is -2.18. The zero-order chi connectivity index (χ0) is 10.7. The second kappa shape index (κ2) is 4.57. The second-order valence-corrected chi connectivity index (χ2v) is 4.50. The van der Waals surface area contributed by atoms with E-state index in [1.807, 2.05) is 4.90 Å². The van der Waals surface area contributed by atoms with Crippen molar-refractivity contribution in [2.75, 3.05) is 12.3 Å². The Balaban J connectivity index is 2.03. The van der Waals surface area contributed by atoms with Crippen molar-refractivity contribution >= 4 is 22.4 Å². The highest BCUT2D eigenvalue weighted by molar-refractivity contribution is 7.09. The molecule has 5 nitrogen and oxygen atoms in total. The minimum absolute atomic E-state index is 0.208. The third-order valence-electron chi connectivity index (χ3n) is 2.60. The third-order valence-corrected chi connectivity index (χ3v) is 3.19. The molecule has 2 rings (SSSR count). The van der Waals surface area contributed by atoms with Gasteiger partial charge in [-0.25, -0.2) is 0 Å². The van der Waals surface area contributed by atoms with Gasteiger partial charge in [0, 0.05) is 24.5 Å². The Morgan fingerprint density at radius 3 is 3.00 bits per heavy atom. The average Bonchev–Trinajstić information content (AvgIpc) is 2.50. The number of anilines is 1. The summed E-state index contributed by atoms with van der Waals surface area (Å²) in [5.41, 5.74) is 6.43. The highest BCUT2D eigenvalue weighted by Gasteiger charge is 2.18. The molecule has 0 spiro atoms. The lowest BCUT2D eigenvalue weighted by atomic mass is 10.2. The molecule has 1 amide bonds. The topological polar surface area (TPSA) is 72.1 Å². The molecule has 1 aromatic rings. The van der Waals surface area contributed by atoms with Crippen LogP contribution in [-0.2, 0) is 11.3 Å². The van der Waals surface area contributed by atoms with Gasteiger partial charge in [0.05, 0.1) is 6.54 Å². The fraction of sp³-hybridized carbons (Fsp3) is 0.667. The van der Waals surface area contributed by atoms with E-state index in [9.17, 15) is 4.79 Å². The van der Waals surface area contributed by atoms with E-state index in [0.29, 0.717) is 18.0 Å². The minimum atomic E-state index is 0.208. The fourth-order valence-corrected chi connectivity index (χ4v) is 2.15. The van der Waals surface area contributed by atoms with Gasteiger partial charge in [-0.1, -0.05) is 10.9 Å². The standard InChI is InChI=1S/C9H14N4OS/c10-9-7(11-12-15-9)6-13-5-3-1-2-4-8(13)14/h1-6,10H2. The molecule has 15 heavy (non-hydrogen) atoms. The van der Waals surface area contributed by atoms with Crippen LogP contribution in [0.25, 0.3) is 0 Å². The summed E-state index contributed by atoms with van der Waals surface area (Å²) in [5.74, 6) is 0.208. The maximum atomic E-state index is 11.7. The number of nitrogens with zero attached hydrogens (tertiary/aromatic N) is 3. The number of nitrogen functional groups attached to an aromatic ring is 1. The van der Waals surface area contributed by atoms with Crippen molar-refractivity contribution in [3.05, 3.63) is 5.69 Å². The molecule has 1 fully saturated rings. The van der Waals surface area contributed by atoms with Crippen LogP contribution < -0.4 is 5.73 Å². The van der Waals surface area contributed by atoms with Crippen LogP contribution in [0.4, 0.5) is 5.00 Å². The first-order valence-electron chi connectivity index (χ1n) is 5.12. The molecule has 0 aromatic carbocycles. The molecular weight excluding hydrogens is 212 g/mol. The van der Waals surface area contributed by atoms with Crippen molar-refractivity contribution in [2.45, 2.75) is 32.2 Å². The zero-order valence-electron chi connectivity index (χ0n) is 8.48. The maximum Gasteiger partial charge on any atom is 0.222 e. The number of carbonyl (C=O) groups excluding carboxylic acids is 1. The quantitative estimate of drug-likeness (QED) is 0.817. The molecule has 0 radical (unpaired) electrons. The largest absolute Gasteiger partial charge is 0.388 e. The molecule has 1 aliphatic rings. The Morgan fingerprint density at radius 2 is 2.27 bits per heavy atom. The number of aromatic nitrogens is 2. The van der Waals surface area contributed by atoms with Crippen LogP contribution in [0.15, 0.2) is 0 Å². The summed E-state index contributed by atoms with van der Waals surface area (Å²) in [6.45, 7) is 1.33. The van der Waals surface area contributed by atoms with E-state index in [4.69, 9.17) is 5.73 Å². The highest BCUT2D eigenvalue weighted by atomic mass is 32.1. The van der Waals surface area contributed by atoms with Gasteiger partial charge < -0.3 is 10.6 Å². The molecule has 1 saturated heterocycles. The zero-order valence-corrected chi connectivity index (χ0v) is 9.29. The van der Waals surface area contributed by atoms with Gasteiger partial charge in [-0.3, -0.25) is 4.79 Å². The van der Waals surface area contributed by atoms with Crippen molar-refractivity contribution in [3.8, 4) is 0 Å². The number of carbonyl (C=O) groups is 1. The molecule has 0 atom stereocenters. The van der Waals surface area contributed by atoms with Crippen LogP contribution in [0.3, 0.4) is 0 Å². The van der Waals surface area contributed by atoms with Crippen molar-refractivity contribution in [1.29, 1.82) is 0 Å². The van der Waals surface area contributed by atoms with Crippen molar-refractivity contribution in [2.24, 2.45) is 0 Å². The first-order valence-corrected chi connectivity index (χ1v) is 5.89. The van der Waals surface area contributed by atoms with Crippen molar-refractivity contribution in [1.82, 2.24) is 14.5 Å². The van der Waals surface area contributed by atoms with Crippen LogP contribution in [0, 0.1) is 0 Å². The molecule has 0 saturated carbocycles. The number of nitrogens with two attached hydrogens (primary N) is 1. The van der Waals surface area contributed by atoms with Crippen LogP contribution in [0.1, 0.15) is 31.4 Å². The summed E-state index contributed by atoms with van der Waals surface area (Å²) in [7, 11) is 0. The number of hydrogen-bond acceptors (Lipinski definition) is 5. The molecule has 0 aliphatic carbocycles. The first kappa shape index (κ1) is 10.4. The third kappa shape index (κ3) is 2.44. The Bertz CT molecular complexity index is 352. The van der Waals surface area contributed by atoms with Gasteiger partial charge in [0.25, 0.3) is 0 Å². The average molecular weight is 226 g/mol.